The van der Waals surface area contributed by atoms with Crippen molar-refractivity contribution in [2.24, 2.45) is 0 Å². The van der Waals surface area contributed by atoms with Crippen molar-refractivity contribution in [3.05, 3.63) is 42.0 Å². The number of alkyl halides is 3. The molecule has 0 aromatic carbocycles. The summed E-state index contributed by atoms with van der Waals surface area (Å²) in [5.41, 5.74) is 1.43. The molecule has 1 atom stereocenters. The number of nitrogens with one attached hydrogen (secondary N) is 1. The second kappa shape index (κ2) is 5.15. The van der Waals surface area contributed by atoms with Gasteiger partial charge in [-0.2, -0.15) is 13.2 Å². The molecule has 2 aromatic heterocycles. The number of hydrogen-bond donors (Lipinski definition) is 1. The Kier molecular flexibility index (Phi) is 3.69. The van der Waals surface area contributed by atoms with Crippen LogP contribution in [0.25, 0.3) is 5.52 Å². The molecule has 3 nitrogen and oxygen atoms in total. The number of carbonyl (C=O) groups excluding carboxylic acids is 1. The predicted molar refractivity (Wildman–Crippen MR) is 64.7 cm³/mol. The van der Waals surface area contributed by atoms with Gasteiger partial charge in [-0.05, 0) is 37.1 Å². The van der Waals surface area contributed by atoms with E-state index in [9.17, 15) is 22.4 Å². The van der Waals surface area contributed by atoms with Gasteiger partial charge in [-0.25, -0.2) is 4.39 Å². The Labute approximate surface area is 112 Å². The van der Waals surface area contributed by atoms with Crippen molar-refractivity contribution >= 4 is 11.4 Å². The fourth-order valence-corrected chi connectivity index (χ4v) is 2.00. The second-order valence-electron chi connectivity index (χ2n) is 4.56. The van der Waals surface area contributed by atoms with Gasteiger partial charge in [-0.1, -0.05) is 0 Å². The average molecular weight is 288 g/mol. The molecule has 1 N–H and O–H groups in total. The first-order valence-electron chi connectivity index (χ1n) is 5.90. The van der Waals surface area contributed by atoms with Crippen molar-refractivity contribution in [2.45, 2.75) is 25.6 Å². The molecule has 0 fully saturated rings. The van der Waals surface area contributed by atoms with Crippen molar-refractivity contribution in [1.29, 1.82) is 0 Å². The van der Waals surface area contributed by atoms with Crippen molar-refractivity contribution in [3.63, 3.8) is 0 Å². The van der Waals surface area contributed by atoms with E-state index in [2.05, 4.69) is 0 Å². The predicted octanol–water partition coefficient (Wildman–Crippen LogP) is 2.69. The highest BCUT2D eigenvalue weighted by molar-refractivity contribution is 5.81. The first-order chi connectivity index (χ1) is 9.27. The molecule has 108 valence electrons. The number of nitrogens with zero attached hydrogens (tertiary/aromatic N) is 1. The van der Waals surface area contributed by atoms with Crippen molar-refractivity contribution in [3.8, 4) is 0 Å². The normalized spacial score (nSPS) is 13.4. The Morgan fingerprint density at radius 1 is 1.35 bits per heavy atom. The largest absolute Gasteiger partial charge is 0.471 e. The van der Waals surface area contributed by atoms with E-state index in [4.69, 9.17) is 0 Å². The van der Waals surface area contributed by atoms with Gasteiger partial charge in [0.25, 0.3) is 0 Å². The van der Waals surface area contributed by atoms with Gasteiger partial charge in [0.1, 0.15) is 5.82 Å². The summed E-state index contributed by atoms with van der Waals surface area (Å²) < 4.78 is 50.9. The number of aromatic nitrogens is 1. The average Bonchev–Trinajstić information content (AvgIpc) is 2.70. The van der Waals surface area contributed by atoms with E-state index in [1.54, 1.807) is 22.7 Å². The lowest BCUT2D eigenvalue weighted by Crippen LogP contribution is -2.42. The molecular formula is C13H12F4N2O. The molecule has 20 heavy (non-hydrogen) atoms. The Morgan fingerprint density at radius 3 is 2.70 bits per heavy atom. The molecule has 0 aliphatic rings. The molecule has 1 amide bonds. The first-order valence-corrected chi connectivity index (χ1v) is 5.90. The molecule has 0 spiro atoms. The Morgan fingerprint density at radius 2 is 2.05 bits per heavy atom. The monoisotopic (exact) mass is 288 g/mol. The minimum atomic E-state index is -4.89. The zero-order valence-corrected chi connectivity index (χ0v) is 10.5. The molecule has 0 bridgehead atoms. The topological polar surface area (TPSA) is 33.5 Å². The highest BCUT2D eigenvalue weighted by Crippen LogP contribution is 2.17. The van der Waals surface area contributed by atoms with E-state index in [-0.39, 0.29) is 6.42 Å². The van der Waals surface area contributed by atoms with Gasteiger partial charge < -0.3 is 9.72 Å². The lowest BCUT2D eigenvalue weighted by Gasteiger charge is -2.14. The van der Waals surface area contributed by atoms with Crippen molar-refractivity contribution in [2.75, 3.05) is 0 Å². The third-order valence-corrected chi connectivity index (χ3v) is 2.87. The lowest BCUT2D eigenvalue weighted by molar-refractivity contribution is -0.174. The summed E-state index contributed by atoms with van der Waals surface area (Å²) in [7, 11) is 0. The Hall–Kier alpha value is -2.05. The number of hydrogen-bond acceptors (Lipinski definition) is 1. The number of carbonyl (C=O) groups is 1. The zero-order chi connectivity index (χ0) is 14.9. The van der Waals surface area contributed by atoms with Crippen LogP contribution in [0.2, 0.25) is 0 Å². The van der Waals surface area contributed by atoms with Gasteiger partial charge in [-0.15, -0.1) is 0 Å². The summed E-state index contributed by atoms with van der Waals surface area (Å²) in [6, 6.07) is 3.83. The fraction of sp³-hybridized carbons (Fsp3) is 0.308. The summed E-state index contributed by atoms with van der Waals surface area (Å²) in [6.45, 7) is 1.48. The van der Waals surface area contributed by atoms with Crippen LogP contribution in [0.1, 0.15) is 12.5 Å². The summed E-state index contributed by atoms with van der Waals surface area (Å²) in [6.07, 6.45) is -1.77. The van der Waals surface area contributed by atoms with Crippen LogP contribution in [0.5, 0.6) is 0 Å². The van der Waals surface area contributed by atoms with E-state index >= 15 is 0 Å². The van der Waals surface area contributed by atoms with Crippen LogP contribution in [0.15, 0.2) is 30.6 Å². The lowest BCUT2D eigenvalue weighted by atomic mass is 10.1. The van der Waals surface area contributed by atoms with Gasteiger partial charge in [0.05, 0.1) is 0 Å². The number of fused-ring (bicyclic) bond motifs is 1. The van der Waals surface area contributed by atoms with E-state index in [1.165, 1.54) is 19.2 Å². The van der Waals surface area contributed by atoms with Gasteiger partial charge >= 0.3 is 12.1 Å². The van der Waals surface area contributed by atoms with Gasteiger partial charge in [0.15, 0.2) is 0 Å². The van der Waals surface area contributed by atoms with Crippen LogP contribution in [0, 0.1) is 5.82 Å². The van der Waals surface area contributed by atoms with E-state index in [0.717, 1.165) is 5.56 Å². The molecule has 0 saturated heterocycles. The second-order valence-corrected chi connectivity index (χ2v) is 4.56. The van der Waals surface area contributed by atoms with Gasteiger partial charge in [0.2, 0.25) is 0 Å². The quantitative estimate of drug-likeness (QED) is 0.866. The van der Waals surface area contributed by atoms with Gasteiger partial charge in [0, 0.05) is 24.0 Å². The number of pyridine rings is 1. The van der Waals surface area contributed by atoms with Crippen LogP contribution in [0.4, 0.5) is 17.6 Å². The summed E-state index contributed by atoms with van der Waals surface area (Å²) >= 11 is 0. The van der Waals surface area contributed by atoms with Crippen LogP contribution in [-0.4, -0.2) is 22.5 Å². The molecule has 7 heteroatoms. The highest BCUT2D eigenvalue weighted by atomic mass is 19.4. The van der Waals surface area contributed by atoms with Crippen LogP contribution in [-0.2, 0) is 11.2 Å². The van der Waals surface area contributed by atoms with Crippen molar-refractivity contribution in [1.82, 2.24) is 9.72 Å². The first kappa shape index (κ1) is 14.4. The van der Waals surface area contributed by atoms with Crippen LogP contribution in [0.3, 0.4) is 0 Å². The molecule has 0 aliphatic heterocycles. The molecule has 1 unspecified atom stereocenters. The van der Waals surface area contributed by atoms with Crippen LogP contribution >= 0.6 is 0 Å². The molecule has 2 aromatic rings. The summed E-state index contributed by atoms with van der Waals surface area (Å²) in [5.74, 6) is -2.36. The minimum absolute atomic E-state index is 0.226. The molecular weight excluding hydrogens is 276 g/mol. The Bertz CT molecular complexity index is 633. The van der Waals surface area contributed by atoms with E-state index in [1.807, 2.05) is 5.32 Å². The maximum Gasteiger partial charge on any atom is 0.471 e. The number of halogens is 4. The van der Waals surface area contributed by atoms with E-state index in [0.29, 0.717) is 5.52 Å². The molecule has 0 aliphatic carbocycles. The van der Waals surface area contributed by atoms with E-state index < -0.39 is 23.9 Å². The molecule has 0 radical (unpaired) electrons. The maximum absolute atomic E-state index is 13.0. The Balaban J connectivity index is 2.10. The molecule has 0 saturated carbocycles. The summed E-state index contributed by atoms with van der Waals surface area (Å²) in [4.78, 5) is 10.8. The SMILES string of the molecule is CC(Cc1ccn2cc(F)ccc12)NC(=O)C(F)(F)F. The molecule has 2 rings (SSSR count). The molecule has 2 heterocycles. The summed E-state index contributed by atoms with van der Waals surface area (Å²) in [5, 5.41) is 1.89. The minimum Gasteiger partial charge on any atom is -0.345 e. The zero-order valence-electron chi connectivity index (χ0n) is 10.5. The standard InChI is InChI=1S/C13H12F4N2O/c1-8(18-12(20)13(15,16)17)6-9-4-5-19-7-10(14)2-3-11(9)19/h2-5,7-8H,6H2,1H3,(H,18,20). The number of amides is 1. The third-order valence-electron chi connectivity index (χ3n) is 2.87. The maximum atomic E-state index is 13.0. The van der Waals surface area contributed by atoms with Crippen molar-refractivity contribution < 1.29 is 22.4 Å². The van der Waals surface area contributed by atoms with Gasteiger partial charge in [-0.3, -0.25) is 4.79 Å². The fourth-order valence-electron chi connectivity index (χ4n) is 2.00. The number of rotatable bonds is 3. The van der Waals surface area contributed by atoms with Crippen LogP contribution < -0.4 is 5.32 Å². The smallest absolute Gasteiger partial charge is 0.345 e. The highest BCUT2D eigenvalue weighted by Gasteiger charge is 2.39. The third kappa shape index (κ3) is 3.09.